The molecule has 0 atom stereocenters. The Bertz CT molecular complexity index is 26.8. The van der Waals surface area contributed by atoms with E-state index < -0.39 is 22.4 Å². The monoisotopic (exact) mass is 310 g/mol. The minimum atomic E-state index is -7.28. The van der Waals surface area contributed by atoms with Crippen molar-refractivity contribution in [3.8, 4) is 0 Å². The van der Waals surface area contributed by atoms with Crippen molar-refractivity contribution in [1.82, 2.24) is 0 Å². The molecule has 0 bridgehead atoms. The Morgan fingerprint density at radius 3 is 0.625 bits per heavy atom. The van der Waals surface area contributed by atoms with E-state index in [4.69, 9.17) is 0 Å². The molecule has 0 saturated heterocycles. The van der Waals surface area contributed by atoms with E-state index in [0.29, 0.717) is 0 Å². The predicted molar refractivity (Wildman–Crippen MR) is 15.3 cm³/mol. The van der Waals surface area contributed by atoms with E-state index in [0.717, 1.165) is 0 Å². The first-order valence-electron chi connectivity index (χ1n) is 0.756. The van der Waals surface area contributed by atoms with Crippen LogP contribution in [0.1, 0.15) is 0 Å². The van der Waals surface area contributed by atoms with Crippen molar-refractivity contribution >= 4 is 0 Å². The summed E-state index contributed by atoms with van der Waals surface area (Å²) in [6.45, 7) is 0. The van der Waals surface area contributed by atoms with Crippen LogP contribution in [-0.2, 0) is 22.4 Å². The molecule has 0 spiro atoms. The average molecular weight is 309 g/mol. The number of rotatable bonds is 0. The Morgan fingerprint density at radius 1 is 0.625 bits per heavy atom. The fourth-order valence-corrected chi connectivity index (χ4v) is 0. The van der Waals surface area contributed by atoms with Gasteiger partial charge in [0.15, 0.2) is 0 Å². The number of halogens is 4. The van der Waals surface area contributed by atoms with Gasteiger partial charge < -0.3 is 16.4 Å². The summed E-state index contributed by atoms with van der Waals surface area (Å²) in [5.74, 6) is 0. The van der Waals surface area contributed by atoms with Crippen LogP contribution in [0, 0.1) is 0 Å². The van der Waals surface area contributed by atoms with E-state index in [9.17, 15) is 10.7 Å². The van der Waals surface area contributed by atoms with Gasteiger partial charge in [-0.3, -0.25) is 0 Å². The van der Waals surface area contributed by atoms with E-state index in [-0.39, 0.29) is 16.4 Å². The fraction of sp³-hybridized carbons (Fsp3) is 0. The summed E-state index contributed by atoms with van der Waals surface area (Å²) in [4.78, 5) is 0. The van der Waals surface area contributed by atoms with Crippen LogP contribution in [-0.4, -0.2) is 16.4 Å². The normalized spacial score (nSPS) is 7.50. The van der Waals surface area contributed by atoms with Crippen LogP contribution in [0.2, 0.25) is 0 Å². The summed E-state index contributed by atoms with van der Waals surface area (Å²) in [7, 11) is 0. The summed E-state index contributed by atoms with van der Waals surface area (Å²) < 4.78 is 39.6. The van der Waals surface area contributed by atoms with Crippen LogP contribution < -0.4 is 0 Å². The molecule has 0 saturated carbocycles. The van der Waals surface area contributed by atoms with E-state index >= 15 is 0 Å². The summed E-state index contributed by atoms with van der Waals surface area (Å²) in [6.07, 6.45) is 0. The quantitative estimate of drug-likeness (QED) is 0.414. The van der Waals surface area contributed by atoms with Crippen LogP contribution in [0.15, 0.2) is 0 Å². The van der Waals surface area contributed by atoms with Gasteiger partial charge in [0.2, 0.25) is 0 Å². The minimum absolute atomic E-state index is 0. The molecule has 0 rings (SSSR count). The second kappa shape index (κ2) is 7.47. The van der Waals surface area contributed by atoms with Crippen molar-refractivity contribution in [2.24, 2.45) is 0 Å². The molecule has 0 fully saturated rings. The van der Waals surface area contributed by atoms with E-state index in [2.05, 4.69) is 0 Å². The van der Waals surface area contributed by atoms with Crippen molar-refractivity contribution in [3.05, 3.63) is 0 Å². The van der Waals surface area contributed by atoms with Crippen molar-refractivity contribution in [3.63, 3.8) is 0 Å². The third-order valence-electron chi connectivity index (χ3n) is 0. The Balaban J connectivity index is -0.0000000267. The molecular weight excluding hydrogens is 302 g/mol. The topological polar surface area (TPSA) is 94.5 Å². The zero-order valence-electron chi connectivity index (χ0n) is 3.51. The molecule has 56 valence electrons. The predicted octanol–water partition coefficient (Wildman–Crippen LogP) is -0.796. The number of hydrogen-bond donors (Lipinski definition) is 0. The molecule has 8 heavy (non-hydrogen) atoms. The Morgan fingerprint density at radius 2 is 0.625 bits per heavy atom. The van der Waals surface area contributed by atoms with Crippen molar-refractivity contribution in [1.29, 1.82) is 0 Å². The Kier molecular flexibility index (Phi) is 22.1. The molecule has 0 aliphatic heterocycles. The van der Waals surface area contributed by atoms with Crippen molar-refractivity contribution in [2.75, 3.05) is 0 Å². The maximum atomic E-state index is 9.91. The first-order valence-corrected chi connectivity index (χ1v) is 6.19. The van der Waals surface area contributed by atoms with Gasteiger partial charge in [-0.1, -0.05) is 0 Å². The molecule has 0 heterocycles. The SMILES string of the molecule is O.O.O.[F][Hf]([F])([F])[F]. The molecule has 0 aliphatic rings. The van der Waals surface area contributed by atoms with Crippen LogP contribution in [0.3, 0.4) is 0 Å². The average Bonchev–Trinajstić information content (AvgIpc) is 0.722. The van der Waals surface area contributed by atoms with Gasteiger partial charge in [0, 0.05) is 0 Å². The third-order valence-corrected chi connectivity index (χ3v) is 0. The standard InChI is InChI=1S/4FH.Hf.3H2O/h4*1H;;3*1H2/q;;;;+4;;;/p-4. The summed E-state index contributed by atoms with van der Waals surface area (Å²) >= 11 is -7.28. The van der Waals surface area contributed by atoms with Gasteiger partial charge in [0.1, 0.15) is 0 Å². The van der Waals surface area contributed by atoms with Crippen molar-refractivity contribution in [2.45, 2.75) is 0 Å². The Labute approximate surface area is 50.0 Å². The summed E-state index contributed by atoms with van der Waals surface area (Å²) in [6, 6.07) is 0. The van der Waals surface area contributed by atoms with Crippen LogP contribution in [0.5, 0.6) is 0 Å². The molecule has 0 unspecified atom stereocenters. The molecule has 0 amide bonds. The zero-order valence-corrected chi connectivity index (χ0v) is 7.10. The molecule has 6 N–H and O–H groups in total. The summed E-state index contributed by atoms with van der Waals surface area (Å²) in [5.41, 5.74) is 0. The van der Waals surface area contributed by atoms with E-state index in [1.807, 2.05) is 0 Å². The van der Waals surface area contributed by atoms with Crippen LogP contribution in [0.4, 0.5) is 10.7 Å². The molecule has 3 nitrogen and oxygen atoms in total. The van der Waals surface area contributed by atoms with Crippen LogP contribution in [0.25, 0.3) is 0 Å². The van der Waals surface area contributed by atoms with Gasteiger partial charge in [0.25, 0.3) is 0 Å². The molecule has 0 aromatic heterocycles. The zero-order chi connectivity index (χ0) is 4.50. The van der Waals surface area contributed by atoms with Gasteiger partial charge in [-0.05, 0) is 0 Å². The maximum absolute atomic E-state index is 9.91. The Hall–Kier alpha value is 0.470. The molecule has 0 aliphatic carbocycles. The number of hydrogen-bond acceptors (Lipinski definition) is 0. The third kappa shape index (κ3) is 876. The van der Waals surface area contributed by atoms with Gasteiger partial charge in [0.05, 0.1) is 0 Å². The van der Waals surface area contributed by atoms with E-state index in [1.165, 1.54) is 0 Å². The van der Waals surface area contributed by atoms with Gasteiger partial charge >= 0.3 is 33.0 Å². The first-order chi connectivity index (χ1) is 2.00. The van der Waals surface area contributed by atoms with Gasteiger partial charge in [-0.2, -0.15) is 0 Å². The second-order valence-corrected chi connectivity index (χ2v) is 3.51. The molecule has 0 radical (unpaired) electrons. The molecular formula is H6F4HfO3. The van der Waals surface area contributed by atoms with Gasteiger partial charge in [-0.25, -0.2) is 0 Å². The van der Waals surface area contributed by atoms with E-state index in [1.54, 1.807) is 0 Å². The molecule has 0 aromatic rings. The second-order valence-electron chi connectivity index (χ2n) is 0.429. The van der Waals surface area contributed by atoms with Gasteiger partial charge in [-0.15, -0.1) is 0 Å². The fourth-order valence-electron chi connectivity index (χ4n) is 0. The molecule has 0 aromatic carbocycles. The van der Waals surface area contributed by atoms with Crippen LogP contribution >= 0.6 is 0 Å². The molecule has 8 heteroatoms. The first kappa shape index (κ1) is 23.7. The van der Waals surface area contributed by atoms with Crippen molar-refractivity contribution < 1.29 is 49.5 Å². The summed E-state index contributed by atoms with van der Waals surface area (Å²) in [5, 5.41) is 0.